The maximum atomic E-state index is 13.5. The molecule has 4 rings (SSSR count). The predicted octanol–water partition coefficient (Wildman–Crippen LogP) is 2.86. The lowest BCUT2D eigenvalue weighted by molar-refractivity contribution is 0.193. The molecule has 2 heterocycles. The van der Waals surface area contributed by atoms with Gasteiger partial charge in [-0.15, -0.1) is 0 Å². The zero-order chi connectivity index (χ0) is 14.2. The minimum absolute atomic E-state index is 0.244. The molecule has 1 aliphatic carbocycles. The van der Waals surface area contributed by atoms with E-state index in [4.69, 9.17) is 9.72 Å². The van der Waals surface area contributed by atoms with Gasteiger partial charge in [-0.25, -0.2) is 14.1 Å². The third-order valence-electron chi connectivity index (χ3n) is 4.21. The van der Waals surface area contributed by atoms with Crippen LogP contribution in [0.25, 0.3) is 5.69 Å². The number of aromatic nitrogens is 3. The molecule has 0 radical (unpaired) electrons. The van der Waals surface area contributed by atoms with Crippen molar-refractivity contribution in [3.05, 3.63) is 41.7 Å². The summed E-state index contributed by atoms with van der Waals surface area (Å²) in [6, 6.07) is 6.56. The van der Waals surface area contributed by atoms with Gasteiger partial charge in [0.15, 0.2) is 5.82 Å². The fraction of sp³-hybridized carbons (Fsp3) is 0.500. The van der Waals surface area contributed by atoms with Gasteiger partial charge in [0.1, 0.15) is 11.6 Å². The molecule has 1 saturated carbocycles. The first kappa shape index (κ1) is 13.0. The van der Waals surface area contributed by atoms with Crippen molar-refractivity contribution < 1.29 is 9.13 Å². The lowest BCUT2D eigenvalue weighted by atomic mass is 10.1. The van der Waals surface area contributed by atoms with E-state index in [1.807, 2.05) is 10.7 Å². The molecule has 4 nitrogen and oxygen atoms in total. The van der Waals surface area contributed by atoms with E-state index in [2.05, 4.69) is 5.10 Å². The van der Waals surface area contributed by atoms with Crippen LogP contribution in [0, 0.1) is 11.7 Å². The maximum absolute atomic E-state index is 13.5. The Bertz CT molecular complexity index is 645. The van der Waals surface area contributed by atoms with E-state index in [0.29, 0.717) is 12.5 Å². The molecule has 2 aliphatic rings. The molecule has 2 aromatic rings. The highest BCUT2D eigenvalue weighted by molar-refractivity contribution is 5.32. The van der Waals surface area contributed by atoms with Crippen molar-refractivity contribution in [2.75, 3.05) is 13.2 Å². The highest BCUT2D eigenvalue weighted by Crippen LogP contribution is 2.33. The largest absolute Gasteiger partial charge is 0.381 e. The Hall–Kier alpha value is -1.75. The summed E-state index contributed by atoms with van der Waals surface area (Å²) in [6.45, 7) is 1.47. The molecule has 2 fully saturated rings. The minimum atomic E-state index is -0.244. The first-order chi connectivity index (χ1) is 10.3. The fourth-order valence-corrected chi connectivity index (χ4v) is 2.80. The molecule has 1 aliphatic heterocycles. The van der Waals surface area contributed by atoms with Crippen molar-refractivity contribution in [3.63, 3.8) is 0 Å². The Morgan fingerprint density at radius 2 is 2.19 bits per heavy atom. The monoisotopic (exact) mass is 287 g/mol. The average molecular weight is 287 g/mol. The van der Waals surface area contributed by atoms with Crippen LogP contribution < -0.4 is 0 Å². The fourth-order valence-electron chi connectivity index (χ4n) is 2.80. The third kappa shape index (κ3) is 2.70. The van der Waals surface area contributed by atoms with Crippen molar-refractivity contribution in [2.24, 2.45) is 5.92 Å². The first-order valence-corrected chi connectivity index (χ1v) is 7.59. The quantitative estimate of drug-likeness (QED) is 0.868. The smallest absolute Gasteiger partial charge is 0.156 e. The second kappa shape index (κ2) is 5.22. The van der Waals surface area contributed by atoms with Gasteiger partial charge < -0.3 is 4.74 Å². The Balaban J connectivity index is 1.72. The average Bonchev–Trinajstić information content (AvgIpc) is 2.99. The molecule has 0 N–H and O–H groups in total. The number of rotatable bonds is 4. The molecule has 0 bridgehead atoms. The zero-order valence-electron chi connectivity index (χ0n) is 11.8. The summed E-state index contributed by atoms with van der Waals surface area (Å²) < 4.78 is 20.7. The van der Waals surface area contributed by atoms with Crippen LogP contribution in [0.5, 0.6) is 0 Å². The van der Waals surface area contributed by atoms with Crippen molar-refractivity contribution in [2.45, 2.75) is 31.6 Å². The molecule has 0 unspecified atom stereocenters. The van der Waals surface area contributed by atoms with Crippen molar-refractivity contribution in [1.82, 2.24) is 14.8 Å². The molecule has 110 valence electrons. The van der Waals surface area contributed by atoms with Gasteiger partial charge in [-0.1, -0.05) is 6.07 Å². The van der Waals surface area contributed by atoms with E-state index in [0.717, 1.165) is 36.8 Å². The van der Waals surface area contributed by atoms with E-state index in [9.17, 15) is 4.39 Å². The number of halogens is 1. The van der Waals surface area contributed by atoms with Crippen molar-refractivity contribution in [3.8, 4) is 5.69 Å². The van der Waals surface area contributed by atoms with E-state index >= 15 is 0 Å². The third-order valence-corrected chi connectivity index (χ3v) is 4.21. The zero-order valence-corrected chi connectivity index (χ0v) is 11.8. The minimum Gasteiger partial charge on any atom is -0.381 e. The van der Waals surface area contributed by atoms with Gasteiger partial charge in [0.2, 0.25) is 0 Å². The molecule has 21 heavy (non-hydrogen) atoms. The Morgan fingerprint density at radius 1 is 1.29 bits per heavy atom. The first-order valence-electron chi connectivity index (χ1n) is 7.59. The summed E-state index contributed by atoms with van der Waals surface area (Å²) in [6.07, 6.45) is 4.42. The molecule has 1 atom stereocenters. The van der Waals surface area contributed by atoms with E-state index < -0.39 is 0 Å². The standard InChI is InChI=1S/C16H18FN3O/c17-13-2-1-3-14(9-13)20-15(8-11-4-5-11)18-16(19-20)12-6-7-21-10-12/h1-3,9,11-12H,4-8,10H2/t12-/m1/s1. The van der Waals surface area contributed by atoms with Crippen LogP contribution in [-0.2, 0) is 11.2 Å². The Morgan fingerprint density at radius 3 is 2.90 bits per heavy atom. The summed E-state index contributed by atoms with van der Waals surface area (Å²) in [7, 11) is 0. The van der Waals surface area contributed by atoms with E-state index in [1.54, 1.807) is 6.07 Å². The predicted molar refractivity (Wildman–Crippen MR) is 75.9 cm³/mol. The van der Waals surface area contributed by atoms with Crippen molar-refractivity contribution in [1.29, 1.82) is 0 Å². The van der Waals surface area contributed by atoms with Crippen LogP contribution in [0.3, 0.4) is 0 Å². The molecule has 1 aromatic heterocycles. The number of nitrogens with zero attached hydrogens (tertiary/aromatic N) is 3. The Kier molecular flexibility index (Phi) is 3.22. The van der Waals surface area contributed by atoms with Gasteiger partial charge in [0, 0.05) is 18.9 Å². The van der Waals surface area contributed by atoms with E-state index in [-0.39, 0.29) is 11.7 Å². The highest BCUT2D eigenvalue weighted by Gasteiger charge is 2.28. The van der Waals surface area contributed by atoms with Gasteiger partial charge in [-0.2, -0.15) is 5.10 Å². The second-order valence-corrected chi connectivity index (χ2v) is 5.99. The number of ether oxygens (including phenoxy) is 1. The van der Waals surface area contributed by atoms with Crippen LogP contribution >= 0.6 is 0 Å². The molecule has 1 saturated heterocycles. The van der Waals surface area contributed by atoms with Crippen LogP contribution in [0.1, 0.15) is 36.8 Å². The van der Waals surface area contributed by atoms with Crippen LogP contribution in [0.15, 0.2) is 24.3 Å². The maximum Gasteiger partial charge on any atom is 0.156 e. The van der Waals surface area contributed by atoms with Gasteiger partial charge >= 0.3 is 0 Å². The molecule has 0 amide bonds. The highest BCUT2D eigenvalue weighted by atomic mass is 19.1. The van der Waals surface area contributed by atoms with Gasteiger partial charge in [0.05, 0.1) is 12.3 Å². The van der Waals surface area contributed by atoms with Gasteiger partial charge in [0.25, 0.3) is 0 Å². The summed E-state index contributed by atoms with van der Waals surface area (Å²) in [5.74, 6) is 2.54. The topological polar surface area (TPSA) is 39.9 Å². The summed E-state index contributed by atoms with van der Waals surface area (Å²) in [4.78, 5) is 4.73. The molecule has 1 aromatic carbocycles. The summed E-state index contributed by atoms with van der Waals surface area (Å²) in [5.41, 5.74) is 0.753. The number of hydrogen-bond donors (Lipinski definition) is 0. The normalized spacial score (nSPS) is 21.9. The summed E-state index contributed by atoms with van der Waals surface area (Å²) in [5, 5.41) is 4.64. The molecule has 5 heteroatoms. The lowest BCUT2D eigenvalue weighted by Crippen LogP contribution is -2.05. The van der Waals surface area contributed by atoms with E-state index in [1.165, 1.54) is 25.0 Å². The van der Waals surface area contributed by atoms with Crippen LogP contribution in [0.2, 0.25) is 0 Å². The van der Waals surface area contributed by atoms with Gasteiger partial charge in [-0.3, -0.25) is 0 Å². The summed E-state index contributed by atoms with van der Waals surface area (Å²) >= 11 is 0. The Labute approximate surface area is 123 Å². The van der Waals surface area contributed by atoms with Gasteiger partial charge in [-0.05, 0) is 43.4 Å². The molecular formula is C16H18FN3O. The number of hydrogen-bond acceptors (Lipinski definition) is 3. The van der Waals surface area contributed by atoms with Crippen LogP contribution in [0.4, 0.5) is 4.39 Å². The number of benzene rings is 1. The van der Waals surface area contributed by atoms with Crippen LogP contribution in [-0.4, -0.2) is 28.0 Å². The lowest BCUT2D eigenvalue weighted by Gasteiger charge is -2.05. The van der Waals surface area contributed by atoms with Crippen molar-refractivity contribution >= 4 is 0 Å². The SMILES string of the molecule is Fc1cccc(-n2nc([C@@H]3CCOC3)nc2CC2CC2)c1. The molecular weight excluding hydrogens is 269 g/mol. The molecule has 0 spiro atoms. The second-order valence-electron chi connectivity index (χ2n) is 5.99.